The first-order chi connectivity index (χ1) is 15.7. The van der Waals surface area contributed by atoms with Crippen molar-refractivity contribution in [3.63, 3.8) is 0 Å². The van der Waals surface area contributed by atoms with Gasteiger partial charge in [0.05, 0.1) is 0 Å². The Labute approximate surface area is 195 Å². The highest BCUT2D eigenvalue weighted by atomic mass is 16.1. The summed E-state index contributed by atoms with van der Waals surface area (Å²) < 4.78 is 0. The van der Waals surface area contributed by atoms with Crippen LogP contribution in [0.15, 0.2) is 60.7 Å². The minimum atomic E-state index is 0.107. The van der Waals surface area contributed by atoms with Gasteiger partial charge in [0, 0.05) is 24.3 Å². The molecular formula is C30H40O2. The maximum Gasteiger partial charge on any atom is 0.167 e. The largest absolute Gasteiger partial charge is 0.299 e. The molecule has 0 fully saturated rings. The monoisotopic (exact) mass is 432 g/mol. The number of hydrogen-bond donors (Lipinski definition) is 0. The second kappa shape index (κ2) is 15.3. The van der Waals surface area contributed by atoms with Gasteiger partial charge in [-0.25, -0.2) is 0 Å². The molecule has 0 N–H and O–H groups in total. The Hall–Kier alpha value is -2.48. The molecule has 0 aliphatic heterocycles. The van der Waals surface area contributed by atoms with Crippen LogP contribution < -0.4 is 0 Å². The number of ketones is 2. The van der Waals surface area contributed by atoms with E-state index in [-0.39, 0.29) is 11.7 Å². The number of unbranched alkanes of at least 4 members (excludes halogenated alkanes) is 7. The van der Waals surface area contributed by atoms with Crippen molar-refractivity contribution >= 4 is 17.6 Å². The first kappa shape index (κ1) is 25.8. The lowest BCUT2D eigenvalue weighted by Crippen LogP contribution is -2.11. The molecule has 0 bridgehead atoms. The van der Waals surface area contributed by atoms with E-state index < -0.39 is 0 Å². The summed E-state index contributed by atoms with van der Waals surface area (Å²) >= 11 is 0. The number of carbonyl (C=O) groups excluding carboxylic acids is 2. The molecule has 0 amide bonds. The summed E-state index contributed by atoms with van der Waals surface area (Å²) in [6.45, 7) is 4.37. The van der Waals surface area contributed by atoms with Crippen molar-refractivity contribution in [1.29, 1.82) is 0 Å². The Morgan fingerprint density at radius 1 is 0.812 bits per heavy atom. The van der Waals surface area contributed by atoms with Gasteiger partial charge in [-0.05, 0) is 24.0 Å². The van der Waals surface area contributed by atoms with E-state index in [9.17, 15) is 9.59 Å². The Bertz CT molecular complexity index is 835. The van der Waals surface area contributed by atoms with E-state index in [0.717, 1.165) is 30.4 Å². The summed E-state index contributed by atoms with van der Waals surface area (Å²) in [7, 11) is 0. The van der Waals surface area contributed by atoms with Gasteiger partial charge in [0.15, 0.2) is 5.78 Å². The Kier molecular flexibility index (Phi) is 12.4. The molecule has 2 aromatic carbocycles. The van der Waals surface area contributed by atoms with E-state index in [1.165, 1.54) is 50.5 Å². The molecule has 3 rings (SSSR count). The van der Waals surface area contributed by atoms with Crippen LogP contribution in [0, 0.1) is 0 Å². The molecule has 172 valence electrons. The zero-order valence-corrected chi connectivity index (χ0v) is 20.0. The fourth-order valence-corrected chi connectivity index (χ4v) is 4.24. The molecule has 2 heteroatoms. The fourth-order valence-electron chi connectivity index (χ4n) is 4.24. The van der Waals surface area contributed by atoms with Crippen molar-refractivity contribution in [2.45, 2.75) is 90.4 Å². The number of rotatable bonds is 12. The highest BCUT2D eigenvalue weighted by Gasteiger charge is 2.17. The zero-order valence-electron chi connectivity index (χ0n) is 20.0. The molecule has 0 heterocycles. The molecule has 0 radical (unpaired) electrons. The molecule has 0 aromatic heterocycles. The van der Waals surface area contributed by atoms with Crippen molar-refractivity contribution in [3.05, 3.63) is 77.4 Å². The lowest BCUT2D eigenvalue weighted by molar-refractivity contribution is -0.120. The quantitative estimate of drug-likeness (QED) is 0.315. The van der Waals surface area contributed by atoms with Gasteiger partial charge >= 0.3 is 0 Å². The van der Waals surface area contributed by atoms with Gasteiger partial charge in [-0.1, -0.05) is 126 Å². The average Bonchev–Trinajstić information content (AvgIpc) is 2.83. The van der Waals surface area contributed by atoms with Crippen LogP contribution in [0.1, 0.15) is 112 Å². The Balaban J connectivity index is 0.000000273. The standard InChI is InChI=1S/C20H32O.C10H8O/c1-3-5-6-7-8-9-10-14-17-20(21)19(4-2)18-15-12-11-13-16-18;11-10-7-3-5-8-4-1-2-6-9(8)10/h11-13,15-16,19H,3-10,14,17H2,1-2H3;1-6H,7H2. The average molecular weight is 433 g/mol. The first-order valence-corrected chi connectivity index (χ1v) is 12.5. The van der Waals surface area contributed by atoms with Crippen molar-refractivity contribution in [1.82, 2.24) is 0 Å². The molecular weight excluding hydrogens is 392 g/mol. The van der Waals surface area contributed by atoms with E-state index in [1.54, 1.807) is 0 Å². The summed E-state index contributed by atoms with van der Waals surface area (Å²) in [6.07, 6.45) is 16.5. The lowest BCUT2D eigenvalue weighted by Gasteiger charge is -2.14. The number of Topliss-reactive ketones (excluding diaryl/α,β-unsaturated/α-hetero) is 2. The van der Waals surface area contributed by atoms with Crippen molar-refractivity contribution in [2.24, 2.45) is 0 Å². The molecule has 0 spiro atoms. The van der Waals surface area contributed by atoms with E-state index in [4.69, 9.17) is 0 Å². The van der Waals surface area contributed by atoms with Crippen LogP contribution in [0.3, 0.4) is 0 Å². The van der Waals surface area contributed by atoms with Crippen molar-refractivity contribution in [3.8, 4) is 0 Å². The van der Waals surface area contributed by atoms with Crippen LogP contribution in [-0.4, -0.2) is 11.6 Å². The maximum absolute atomic E-state index is 12.3. The number of carbonyl (C=O) groups is 2. The maximum atomic E-state index is 12.3. The van der Waals surface area contributed by atoms with Gasteiger partial charge in [0.25, 0.3) is 0 Å². The topological polar surface area (TPSA) is 34.1 Å². The van der Waals surface area contributed by atoms with Crippen molar-refractivity contribution < 1.29 is 9.59 Å². The summed E-state index contributed by atoms with van der Waals surface area (Å²) in [5.74, 6) is 0.758. The van der Waals surface area contributed by atoms with Gasteiger partial charge in [-0.3, -0.25) is 9.59 Å². The SMILES string of the molecule is CCCCCCCCCCC(=O)C(CC)c1ccccc1.O=C1CC=Cc2ccccc21. The number of benzene rings is 2. The number of allylic oxidation sites excluding steroid dienone is 1. The van der Waals surface area contributed by atoms with Crippen LogP contribution in [0.4, 0.5) is 0 Å². The van der Waals surface area contributed by atoms with Gasteiger partial charge in [0.1, 0.15) is 5.78 Å². The third-order valence-corrected chi connectivity index (χ3v) is 6.14. The van der Waals surface area contributed by atoms with E-state index in [1.807, 2.05) is 54.6 Å². The summed E-state index contributed by atoms with van der Waals surface area (Å²) in [4.78, 5) is 23.6. The molecule has 1 unspecified atom stereocenters. The van der Waals surface area contributed by atoms with Crippen LogP contribution in [-0.2, 0) is 4.79 Å². The number of hydrogen-bond acceptors (Lipinski definition) is 2. The Morgan fingerprint density at radius 2 is 1.44 bits per heavy atom. The van der Waals surface area contributed by atoms with Gasteiger partial charge in [-0.15, -0.1) is 0 Å². The van der Waals surface area contributed by atoms with Gasteiger partial charge in [0.2, 0.25) is 0 Å². The smallest absolute Gasteiger partial charge is 0.167 e. The van der Waals surface area contributed by atoms with Gasteiger partial charge < -0.3 is 0 Å². The van der Waals surface area contributed by atoms with Crippen LogP contribution in [0.25, 0.3) is 6.08 Å². The molecule has 1 aliphatic carbocycles. The molecule has 0 saturated carbocycles. The highest BCUT2D eigenvalue weighted by Crippen LogP contribution is 2.23. The van der Waals surface area contributed by atoms with Crippen LogP contribution >= 0.6 is 0 Å². The molecule has 2 nitrogen and oxygen atoms in total. The lowest BCUT2D eigenvalue weighted by atomic mass is 9.89. The second-order valence-electron chi connectivity index (χ2n) is 8.68. The van der Waals surface area contributed by atoms with E-state index >= 15 is 0 Å². The predicted molar refractivity (Wildman–Crippen MR) is 136 cm³/mol. The Morgan fingerprint density at radius 3 is 2.09 bits per heavy atom. The summed E-state index contributed by atoms with van der Waals surface area (Å²) in [5, 5.41) is 0. The van der Waals surface area contributed by atoms with E-state index in [0.29, 0.717) is 12.2 Å². The summed E-state index contributed by atoms with van der Waals surface area (Å²) in [6, 6.07) is 17.9. The molecule has 32 heavy (non-hydrogen) atoms. The minimum Gasteiger partial charge on any atom is -0.299 e. The fraction of sp³-hybridized carbons (Fsp3) is 0.467. The molecule has 1 aliphatic rings. The second-order valence-corrected chi connectivity index (χ2v) is 8.68. The summed E-state index contributed by atoms with van der Waals surface area (Å²) in [5.41, 5.74) is 3.09. The van der Waals surface area contributed by atoms with Crippen LogP contribution in [0.5, 0.6) is 0 Å². The number of fused-ring (bicyclic) bond motifs is 1. The minimum absolute atomic E-state index is 0.107. The van der Waals surface area contributed by atoms with Crippen LogP contribution in [0.2, 0.25) is 0 Å². The first-order valence-electron chi connectivity index (χ1n) is 12.5. The molecule has 1 atom stereocenters. The molecule has 2 aromatic rings. The highest BCUT2D eigenvalue weighted by molar-refractivity contribution is 6.02. The third kappa shape index (κ3) is 8.94. The van der Waals surface area contributed by atoms with E-state index in [2.05, 4.69) is 26.0 Å². The van der Waals surface area contributed by atoms with Crippen molar-refractivity contribution in [2.75, 3.05) is 0 Å². The third-order valence-electron chi connectivity index (χ3n) is 6.14. The predicted octanol–water partition coefficient (Wildman–Crippen LogP) is 8.57. The normalized spacial score (nSPS) is 13.1. The zero-order chi connectivity index (χ0) is 23.0. The molecule has 0 saturated heterocycles. The van der Waals surface area contributed by atoms with Gasteiger partial charge in [-0.2, -0.15) is 0 Å².